The maximum Gasteiger partial charge on any atom is 0.238 e. The van der Waals surface area contributed by atoms with Gasteiger partial charge in [0.25, 0.3) is 0 Å². The molecule has 4 heteroatoms. The van der Waals surface area contributed by atoms with Gasteiger partial charge in [-0.1, -0.05) is 31.0 Å². The summed E-state index contributed by atoms with van der Waals surface area (Å²) in [6.45, 7) is 1.04. The van der Waals surface area contributed by atoms with E-state index in [9.17, 15) is 9.18 Å². The third kappa shape index (κ3) is 2.25. The molecule has 1 aromatic carbocycles. The van der Waals surface area contributed by atoms with Crippen molar-refractivity contribution in [3.63, 3.8) is 0 Å². The third-order valence-corrected chi connectivity index (χ3v) is 3.75. The lowest BCUT2D eigenvalue weighted by atomic mass is 10.1. The van der Waals surface area contributed by atoms with Crippen LogP contribution < -0.4 is 5.32 Å². The fourth-order valence-electron chi connectivity index (χ4n) is 2.50. The highest BCUT2D eigenvalue weighted by Gasteiger charge is 2.34. The number of halogens is 1. The van der Waals surface area contributed by atoms with Crippen molar-refractivity contribution in [2.24, 2.45) is 5.92 Å². The van der Waals surface area contributed by atoms with E-state index in [2.05, 4.69) is 5.32 Å². The predicted molar refractivity (Wildman–Crippen MR) is 66.2 cm³/mol. The molecule has 1 aliphatic carbocycles. The SMILES string of the molecule is O=C1CNC(c2ccccc2F)N1CCC1CC1. The van der Waals surface area contributed by atoms with Gasteiger partial charge in [-0.05, 0) is 18.4 Å². The summed E-state index contributed by atoms with van der Waals surface area (Å²) in [4.78, 5) is 13.6. The second-order valence-corrected chi connectivity index (χ2v) is 5.12. The molecule has 0 radical (unpaired) electrons. The van der Waals surface area contributed by atoms with Gasteiger partial charge in [0, 0.05) is 12.1 Å². The predicted octanol–water partition coefficient (Wildman–Crippen LogP) is 2.06. The van der Waals surface area contributed by atoms with Gasteiger partial charge < -0.3 is 4.90 Å². The van der Waals surface area contributed by atoms with Crippen LogP contribution in [0, 0.1) is 11.7 Å². The maximum absolute atomic E-state index is 13.8. The fourth-order valence-corrected chi connectivity index (χ4v) is 2.50. The van der Waals surface area contributed by atoms with Crippen LogP contribution in [-0.2, 0) is 4.79 Å². The van der Waals surface area contributed by atoms with Crippen molar-refractivity contribution in [2.75, 3.05) is 13.1 Å². The van der Waals surface area contributed by atoms with E-state index in [0.29, 0.717) is 12.1 Å². The molecule has 2 fully saturated rings. The highest BCUT2D eigenvalue weighted by atomic mass is 19.1. The minimum atomic E-state index is -0.294. The molecule has 1 aliphatic heterocycles. The van der Waals surface area contributed by atoms with Crippen molar-refractivity contribution in [1.82, 2.24) is 10.2 Å². The Balaban J connectivity index is 1.76. The average Bonchev–Trinajstić information content (AvgIpc) is 3.12. The summed E-state index contributed by atoms with van der Waals surface area (Å²) in [7, 11) is 0. The Labute approximate surface area is 106 Å². The largest absolute Gasteiger partial charge is 0.322 e. The van der Waals surface area contributed by atoms with Gasteiger partial charge in [-0.15, -0.1) is 0 Å². The van der Waals surface area contributed by atoms with Crippen LogP contribution in [0.1, 0.15) is 31.0 Å². The van der Waals surface area contributed by atoms with E-state index in [1.807, 2.05) is 6.07 Å². The standard InChI is InChI=1S/C14H17FN2O/c15-12-4-2-1-3-11(12)14-16-9-13(18)17(14)8-7-10-5-6-10/h1-4,10,14,16H,5-9H2. The van der Waals surface area contributed by atoms with Gasteiger partial charge in [0.1, 0.15) is 12.0 Å². The van der Waals surface area contributed by atoms with E-state index in [1.54, 1.807) is 17.0 Å². The first-order valence-corrected chi connectivity index (χ1v) is 6.53. The van der Waals surface area contributed by atoms with E-state index in [-0.39, 0.29) is 17.9 Å². The van der Waals surface area contributed by atoms with Gasteiger partial charge in [0.15, 0.2) is 0 Å². The normalized spacial score (nSPS) is 23.7. The molecule has 1 amide bonds. The van der Waals surface area contributed by atoms with Crippen LogP contribution in [0.4, 0.5) is 4.39 Å². The zero-order chi connectivity index (χ0) is 12.5. The summed E-state index contributed by atoms with van der Waals surface area (Å²) < 4.78 is 13.8. The van der Waals surface area contributed by atoms with E-state index in [4.69, 9.17) is 0 Å². The number of nitrogens with one attached hydrogen (secondary N) is 1. The van der Waals surface area contributed by atoms with Crippen LogP contribution in [0.15, 0.2) is 24.3 Å². The molecule has 0 aromatic heterocycles. The zero-order valence-electron chi connectivity index (χ0n) is 10.2. The molecule has 1 saturated heterocycles. The highest BCUT2D eigenvalue weighted by molar-refractivity contribution is 5.80. The van der Waals surface area contributed by atoms with Gasteiger partial charge in [0.2, 0.25) is 5.91 Å². The number of carbonyl (C=O) groups is 1. The Bertz CT molecular complexity index is 459. The first-order chi connectivity index (χ1) is 8.75. The highest BCUT2D eigenvalue weighted by Crippen LogP contribution is 2.34. The monoisotopic (exact) mass is 248 g/mol. The second-order valence-electron chi connectivity index (χ2n) is 5.12. The summed E-state index contributed by atoms with van der Waals surface area (Å²) in [6, 6.07) is 6.67. The van der Waals surface area contributed by atoms with Crippen molar-refractivity contribution in [1.29, 1.82) is 0 Å². The minimum Gasteiger partial charge on any atom is -0.322 e. The van der Waals surface area contributed by atoms with Gasteiger partial charge in [-0.2, -0.15) is 0 Å². The summed E-state index contributed by atoms with van der Waals surface area (Å²) >= 11 is 0. The molecular weight excluding hydrogens is 231 g/mol. The smallest absolute Gasteiger partial charge is 0.238 e. The number of nitrogens with zero attached hydrogens (tertiary/aromatic N) is 1. The number of carbonyl (C=O) groups excluding carboxylic acids is 1. The molecule has 0 bridgehead atoms. The lowest BCUT2D eigenvalue weighted by Crippen LogP contribution is -2.32. The number of hydrogen-bond acceptors (Lipinski definition) is 2. The number of benzene rings is 1. The molecule has 1 saturated carbocycles. The van der Waals surface area contributed by atoms with Crippen molar-refractivity contribution in [2.45, 2.75) is 25.4 Å². The van der Waals surface area contributed by atoms with Crippen molar-refractivity contribution >= 4 is 5.91 Å². The van der Waals surface area contributed by atoms with E-state index < -0.39 is 0 Å². The number of amides is 1. The lowest BCUT2D eigenvalue weighted by molar-refractivity contribution is -0.128. The van der Waals surface area contributed by atoms with Gasteiger partial charge in [0.05, 0.1) is 6.54 Å². The van der Waals surface area contributed by atoms with Gasteiger partial charge in [-0.3, -0.25) is 10.1 Å². The Kier molecular flexibility index (Phi) is 3.04. The Morgan fingerprint density at radius 2 is 2.11 bits per heavy atom. The molecule has 3 rings (SSSR count). The Hall–Kier alpha value is -1.42. The molecule has 0 spiro atoms. The maximum atomic E-state index is 13.8. The second kappa shape index (κ2) is 4.69. The fraction of sp³-hybridized carbons (Fsp3) is 0.500. The molecule has 1 unspecified atom stereocenters. The van der Waals surface area contributed by atoms with Crippen molar-refractivity contribution in [3.8, 4) is 0 Å². The molecule has 3 nitrogen and oxygen atoms in total. The van der Waals surface area contributed by atoms with Crippen molar-refractivity contribution < 1.29 is 9.18 Å². The topological polar surface area (TPSA) is 32.3 Å². The summed E-state index contributed by atoms with van der Waals surface area (Å²) in [5.41, 5.74) is 0.569. The molecule has 2 aliphatic rings. The van der Waals surface area contributed by atoms with Gasteiger partial charge in [-0.25, -0.2) is 4.39 Å². The molecule has 1 atom stereocenters. The molecule has 96 valence electrons. The quantitative estimate of drug-likeness (QED) is 0.884. The van der Waals surface area contributed by atoms with Crippen LogP contribution in [-0.4, -0.2) is 23.9 Å². The third-order valence-electron chi connectivity index (χ3n) is 3.75. The Morgan fingerprint density at radius 3 is 2.83 bits per heavy atom. The molecule has 1 aromatic rings. The molecule has 18 heavy (non-hydrogen) atoms. The average molecular weight is 248 g/mol. The summed E-state index contributed by atoms with van der Waals surface area (Å²) in [5.74, 6) is 0.602. The van der Waals surface area contributed by atoms with E-state index in [1.165, 1.54) is 18.9 Å². The summed E-state index contributed by atoms with van der Waals surface area (Å²) in [6.07, 6.45) is 3.30. The molecule has 1 N–H and O–H groups in total. The lowest BCUT2D eigenvalue weighted by Gasteiger charge is -2.25. The zero-order valence-corrected chi connectivity index (χ0v) is 10.2. The van der Waals surface area contributed by atoms with Crippen LogP contribution in [0.25, 0.3) is 0 Å². The number of hydrogen-bond donors (Lipinski definition) is 1. The minimum absolute atomic E-state index is 0.0731. The Morgan fingerprint density at radius 1 is 1.33 bits per heavy atom. The first kappa shape index (κ1) is 11.7. The van der Waals surface area contributed by atoms with Crippen molar-refractivity contribution in [3.05, 3.63) is 35.6 Å². The summed E-state index contributed by atoms with van der Waals surface area (Å²) in [5, 5.41) is 3.09. The van der Waals surface area contributed by atoms with Crippen LogP contribution in [0.3, 0.4) is 0 Å². The number of rotatable bonds is 4. The van der Waals surface area contributed by atoms with Crippen LogP contribution >= 0.6 is 0 Å². The molecular formula is C14H17FN2O. The van der Waals surface area contributed by atoms with Crippen LogP contribution in [0.5, 0.6) is 0 Å². The molecule has 1 heterocycles. The van der Waals surface area contributed by atoms with Crippen LogP contribution in [0.2, 0.25) is 0 Å². The van der Waals surface area contributed by atoms with E-state index >= 15 is 0 Å². The van der Waals surface area contributed by atoms with E-state index in [0.717, 1.165) is 18.9 Å². The van der Waals surface area contributed by atoms with Gasteiger partial charge >= 0.3 is 0 Å². The first-order valence-electron chi connectivity index (χ1n) is 6.53.